The van der Waals surface area contributed by atoms with Crippen molar-refractivity contribution >= 4 is 16.9 Å². The second kappa shape index (κ2) is 7.92. The zero-order chi connectivity index (χ0) is 18.6. The van der Waals surface area contributed by atoms with Gasteiger partial charge in [-0.15, -0.1) is 0 Å². The molecule has 0 spiro atoms. The second-order valence-corrected chi connectivity index (χ2v) is 7.22. The summed E-state index contributed by atoms with van der Waals surface area (Å²) in [5, 5.41) is 0. The number of carbonyl (C=O) groups excluding carboxylic acids is 1. The van der Waals surface area contributed by atoms with Crippen molar-refractivity contribution in [2.24, 2.45) is 0 Å². The number of amides is 1. The van der Waals surface area contributed by atoms with Crippen molar-refractivity contribution in [2.75, 3.05) is 20.2 Å². The van der Waals surface area contributed by atoms with Gasteiger partial charge in [-0.25, -0.2) is 4.98 Å². The zero-order valence-electron chi connectivity index (χ0n) is 15.6. The summed E-state index contributed by atoms with van der Waals surface area (Å²) >= 11 is 0. The van der Waals surface area contributed by atoms with Crippen LogP contribution < -0.4 is 0 Å². The number of hydrogen-bond acceptors (Lipinski definition) is 3. The lowest BCUT2D eigenvalue weighted by Gasteiger charge is -2.18. The molecule has 4 rings (SSSR count). The van der Waals surface area contributed by atoms with E-state index in [4.69, 9.17) is 4.74 Å². The van der Waals surface area contributed by atoms with Crippen molar-refractivity contribution in [3.63, 3.8) is 0 Å². The molecule has 2 aromatic carbocycles. The summed E-state index contributed by atoms with van der Waals surface area (Å²) in [7, 11) is 1.88. The minimum atomic E-state index is 0.0619. The summed E-state index contributed by atoms with van der Waals surface area (Å²) in [6.07, 6.45) is 6.40. The maximum absolute atomic E-state index is 12.8. The number of imidazole rings is 1. The maximum atomic E-state index is 12.8. The zero-order valence-corrected chi connectivity index (χ0v) is 15.6. The predicted molar refractivity (Wildman–Crippen MR) is 107 cm³/mol. The number of benzene rings is 2. The molecule has 1 N–H and O–H groups in total. The first-order chi connectivity index (χ1) is 13.2. The first-order valence-electron chi connectivity index (χ1n) is 9.61. The van der Waals surface area contributed by atoms with E-state index in [9.17, 15) is 4.79 Å². The maximum Gasteiger partial charge on any atom is 0.253 e. The Morgan fingerprint density at radius 3 is 3.00 bits per heavy atom. The van der Waals surface area contributed by atoms with Gasteiger partial charge in [0.25, 0.3) is 5.91 Å². The van der Waals surface area contributed by atoms with Gasteiger partial charge >= 0.3 is 0 Å². The summed E-state index contributed by atoms with van der Waals surface area (Å²) in [4.78, 5) is 22.0. The molecule has 140 valence electrons. The van der Waals surface area contributed by atoms with Gasteiger partial charge in [0.05, 0.1) is 23.5 Å². The van der Waals surface area contributed by atoms with Crippen molar-refractivity contribution < 1.29 is 9.53 Å². The van der Waals surface area contributed by atoms with E-state index in [2.05, 4.69) is 16.0 Å². The molecule has 0 saturated carbocycles. The van der Waals surface area contributed by atoms with Crippen molar-refractivity contribution in [3.8, 4) is 11.1 Å². The van der Waals surface area contributed by atoms with Crippen LogP contribution in [-0.2, 0) is 4.74 Å². The molecule has 3 aromatic rings. The molecular weight excluding hydrogens is 338 g/mol. The van der Waals surface area contributed by atoms with E-state index in [0.717, 1.165) is 66.6 Å². The molecule has 1 aliphatic rings. The van der Waals surface area contributed by atoms with Crippen LogP contribution in [0.1, 0.15) is 36.0 Å². The molecule has 1 aromatic heterocycles. The third-order valence-corrected chi connectivity index (χ3v) is 5.25. The van der Waals surface area contributed by atoms with E-state index in [-0.39, 0.29) is 5.91 Å². The number of rotatable bonds is 6. The van der Waals surface area contributed by atoms with Gasteiger partial charge in [-0.05, 0) is 61.1 Å². The molecule has 5 nitrogen and oxygen atoms in total. The molecule has 0 aliphatic carbocycles. The van der Waals surface area contributed by atoms with Crippen LogP contribution in [0.3, 0.4) is 0 Å². The minimum absolute atomic E-state index is 0.0619. The number of aromatic amines is 1. The summed E-state index contributed by atoms with van der Waals surface area (Å²) in [5.74, 6) is 0.0619. The fourth-order valence-corrected chi connectivity index (χ4v) is 3.70. The third kappa shape index (κ3) is 4.03. The van der Waals surface area contributed by atoms with Gasteiger partial charge in [-0.2, -0.15) is 0 Å². The van der Waals surface area contributed by atoms with Crippen LogP contribution in [0.15, 0.2) is 48.8 Å². The average Bonchev–Trinajstić information content (AvgIpc) is 3.38. The van der Waals surface area contributed by atoms with Gasteiger partial charge in [0.15, 0.2) is 0 Å². The molecule has 0 bridgehead atoms. The number of carbonyl (C=O) groups is 1. The summed E-state index contributed by atoms with van der Waals surface area (Å²) in [5.41, 5.74) is 4.76. The molecule has 2 heterocycles. The fourth-order valence-electron chi connectivity index (χ4n) is 3.70. The molecule has 0 unspecified atom stereocenters. The van der Waals surface area contributed by atoms with E-state index < -0.39 is 0 Å². The van der Waals surface area contributed by atoms with Crippen molar-refractivity contribution in [1.82, 2.24) is 14.9 Å². The van der Waals surface area contributed by atoms with E-state index in [0.29, 0.717) is 6.10 Å². The highest BCUT2D eigenvalue weighted by molar-refractivity contribution is 5.95. The summed E-state index contributed by atoms with van der Waals surface area (Å²) < 4.78 is 5.66. The molecule has 5 heteroatoms. The predicted octanol–water partition coefficient (Wildman–Crippen LogP) is 4.26. The summed E-state index contributed by atoms with van der Waals surface area (Å²) in [6.45, 7) is 1.64. The summed E-state index contributed by atoms with van der Waals surface area (Å²) in [6, 6.07) is 13.9. The van der Waals surface area contributed by atoms with Gasteiger partial charge in [-0.3, -0.25) is 4.79 Å². The largest absolute Gasteiger partial charge is 0.378 e. The Balaban J connectivity index is 1.43. The lowest BCUT2D eigenvalue weighted by atomic mass is 10.0. The molecule has 1 atom stereocenters. The Morgan fingerprint density at radius 1 is 1.26 bits per heavy atom. The number of H-pyrrole nitrogens is 1. The topological polar surface area (TPSA) is 58.2 Å². The van der Waals surface area contributed by atoms with Crippen LogP contribution in [0.25, 0.3) is 22.2 Å². The van der Waals surface area contributed by atoms with Crippen LogP contribution in [0.2, 0.25) is 0 Å². The highest BCUT2D eigenvalue weighted by Crippen LogP contribution is 2.24. The number of fused-ring (bicyclic) bond motifs is 1. The quantitative estimate of drug-likeness (QED) is 0.712. The Kier molecular flexibility index (Phi) is 5.21. The van der Waals surface area contributed by atoms with Gasteiger partial charge in [0.1, 0.15) is 0 Å². The molecule has 1 aliphatic heterocycles. The van der Waals surface area contributed by atoms with Crippen LogP contribution >= 0.6 is 0 Å². The van der Waals surface area contributed by atoms with Gasteiger partial charge < -0.3 is 14.6 Å². The second-order valence-electron chi connectivity index (χ2n) is 7.22. The number of ether oxygens (including phenoxy) is 1. The Bertz CT molecular complexity index is 928. The normalized spacial score (nSPS) is 16.7. The van der Waals surface area contributed by atoms with E-state index in [1.54, 1.807) is 6.33 Å². The van der Waals surface area contributed by atoms with Gasteiger partial charge in [0.2, 0.25) is 0 Å². The Hall–Kier alpha value is -2.66. The molecule has 1 saturated heterocycles. The van der Waals surface area contributed by atoms with Gasteiger partial charge in [-0.1, -0.05) is 18.2 Å². The first-order valence-corrected chi connectivity index (χ1v) is 9.61. The Morgan fingerprint density at radius 2 is 2.15 bits per heavy atom. The molecule has 1 amide bonds. The lowest BCUT2D eigenvalue weighted by Crippen LogP contribution is -2.28. The molecular formula is C22H25N3O2. The molecule has 0 radical (unpaired) electrons. The number of hydrogen-bond donors (Lipinski definition) is 1. The molecule has 27 heavy (non-hydrogen) atoms. The number of nitrogens with one attached hydrogen (secondary N) is 1. The van der Waals surface area contributed by atoms with Crippen LogP contribution in [0.5, 0.6) is 0 Å². The highest BCUT2D eigenvalue weighted by atomic mass is 16.5. The van der Waals surface area contributed by atoms with Crippen LogP contribution in [0.4, 0.5) is 0 Å². The standard InChI is InChI=1S/C22H25N3O2/c1-25(11-3-7-19-8-4-12-27-19)22(26)18-6-2-5-16(13-18)17-9-10-20-21(14-17)24-15-23-20/h2,5-6,9-10,13-15,19H,3-4,7-8,11-12H2,1H3,(H,23,24)/t19-/m1/s1. The Labute approximate surface area is 159 Å². The minimum Gasteiger partial charge on any atom is -0.378 e. The van der Waals surface area contributed by atoms with Crippen molar-refractivity contribution in [1.29, 1.82) is 0 Å². The monoisotopic (exact) mass is 363 g/mol. The van der Waals surface area contributed by atoms with Gasteiger partial charge in [0, 0.05) is 25.8 Å². The highest BCUT2D eigenvalue weighted by Gasteiger charge is 2.17. The lowest BCUT2D eigenvalue weighted by molar-refractivity contribution is 0.0763. The number of aromatic nitrogens is 2. The van der Waals surface area contributed by atoms with E-state index in [1.807, 2.05) is 48.3 Å². The average molecular weight is 363 g/mol. The molecule has 1 fully saturated rings. The smallest absolute Gasteiger partial charge is 0.253 e. The SMILES string of the molecule is CN(CCC[C@@H]1CCCO1)C(=O)c1cccc(-c2ccc3nc[nH]c3c2)c1. The first kappa shape index (κ1) is 17.7. The van der Waals surface area contributed by atoms with Crippen molar-refractivity contribution in [2.45, 2.75) is 31.8 Å². The van der Waals surface area contributed by atoms with E-state index >= 15 is 0 Å². The van der Waals surface area contributed by atoms with Crippen LogP contribution in [-0.4, -0.2) is 47.1 Å². The number of nitrogens with zero attached hydrogens (tertiary/aromatic N) is 2. The van der Waals surface area contributed by atoms with Crippen molar-refractivity contribution in [3.05, 3.63) is 54.4 Å². The fraction of sp³-hybridized carbons (Fsp3) is 0.364. The van der Waals surface area contributed by atoms with Crippen LogP contribution in [0, 0.1) is 0 Å². The third-order valence-electron chi connectivity index (χ3n) is 5.25. The van der Waals surface area contributed by atoms with E-state index in [1.165, 1.54) is 0 Å².